The fourth-order valence-electron chi connectivity index (χ4n) is 6.01. The molecule has 2 N–H and O–H groups in total. The summed E-state index contributed by atoms with van der Waals surface area (Å²) in [5.41, 5.74) is 0.209. The summed E-state index contributed by atoms with van der Waals surface area (Å²) >= 11 is 1.51. The molecule has 2 aromatic carbocycles. The second kappa shape index (κ2) is 12.2. The van der Waals surface area contributed by atoms with Gasteiger partial charge in [-0.3, -0.25) is 19.3 Å². The third-order valence-electron chi connectivity index (χ3n) is 8.30. The first-order chi connectivity index (χ1) is 21.2. The van der Waals surface area contributed by atoms with Crippen molar-refractivity contribution >= 4 is 28.9 Å². The number of piperazine rings is 1. The monoisotopic (exact) mass is 623 g/mol. The lowest BCUT2D eigenvalue weighted by molar-refractivity contribution is -0.245. The number of hydrogen-bond donors (Lipinski definition) is 2. The molecule has 2 unspecified atom stereocenters. The van der Waals surface area contributed by atoms with Crippen molar-refractivity contribution in [2.24, 2.45) is 0 Å². The van der Waals surface area contributed by atoms with Gasteiger partial charge in [0.15, 0.2) is 6.04 Å². The van der Waals surface area contributed by atoms with Gasteiger partial charge >= 0.3 is 0 Å². The van der Waals surface area contributed by atoms with Crippen molar-refractivity contribution in [1.29, 1.82) is 0 Å². The largest absolute Gasteiger partial charge is 0.357 e. The summed E-state index contributed by atoms with van der Waals surface area (Å²) in [6.45, 7) is 2.77. The third-order valence-corrected chi connectivity index (χ3v) is 9.07. The van der Waals surface area contributed by atoms with E-state index in [0.717, 1.165) is 11.1 Å². The first-order valence-electron chi connectivity index (χ1n) is 14.2. The minimum absolute atomic E-state index is 0.00916. The van der Waals surface area contributed by atoms with Crippen molar-refractivity contribution in [1.82, 2.24) is 25.0 Å². The number of ether oxygens (including phenoxy) is 1. The molecule has 3 aliphatic heterocycles. The van der Waals surface area contributed by atoms with Gasteiger partial charge in [-0.05, 0) is 25.0 Å². The van der Waals surface area contributed by atoms with E-state index in [1.807, 2.05) is 12.3 Å². The Hall–Kier alpha value is -4.04. The number of amides is 2. The molecule has 3 aromatic rings. The number of benzene rings is 2. The Balaban J connectivity index is 1.33. The number of aromatic nitrogens is 1. The van der Waals surface area contributed by atoms with E-state index >= 15 is 0 Å². The van der Waals surface area contributed by atoms with Gasteiger partial charge in [0.25, 0.3) is 17.6 Å². The summed E-state index contributed by atoms with van der Waals surface area (Å²) < 4.78 is 33.5. The predicted octanol–water partition coefficient (Wildman–Crippen LogP) is 2.54. The molecule has 2 saturated heterocycles. The topological polar surface area (TPSA) is 115 Å². The molecule has 13 heteroatoms. The van der Waals surface area contributed by atoms with Gasteiger partial charge in [-0.25, -0.2) is 13.8 Å². The second-order valence-corrected chi connectivity index (χ2v) is 12.1. The van der Waals surface area contributed by atoms with Gasteiger partial charge in [-0.2, -0.15) is 0 Å². The number of halogens is 2. The van der Waals surface area contributed by atoms with Crippen LogP contribution >= 0.6 is 11.3 Å². The summed E-state index contributed by atoms with van der Waals surface area (Å²) in [4.78, 5) is 51.2. The van der Waals surface area contributed by atoms with Crippen LogP contribution in [0.5, 0.6) is 0 Å². The Bertz CT molecular complexity index is 1590. The van der Waals surface area contributed by atoms with E-state index in [4.69, 9.17) is 4.74 Å². The lowest BCUT2D eigenvalue weighted by atomic mass is 9.86. The van der Waals surface area contributed by atoms with Crippen molar-refractivity contribution in [2.75, 3.05) is 13.1 Å². The van der Waals surface area contributed by atoms with E-state index in [-0.39, 0.29) is 31.3 Å². The van der Waals surface area contributed by atoms with Crippen LogP contribution in [0.2, 0.25) is 0 Å². The molecule has 6 rings (SSSR count). The number of carbonyl (C=O) groups is 3. The Morgan fingerprint density at radius 1 is 1.20 bits per heavy atom. The number of thiazole rings is 1. The Kier molecular flexibility index (Phi) is 8.29. The van der Waals surface area contributed by atoms with E-state index in [0.29, 0.717) is 31.1 Å². The highest BCUT2D eigenvalue weighted by atomic mass is 32.1. The average Bonchev–Trinajstić information content (AvgIpc) is 3.52. The first kappa shape index (κ1) is 30.0. The maximum atomic E-state index is 14.2. The van der Waals surface area contributed by atoms with Crippen LogP contribution in [0, 0.1) is 11.6 Å². The molecule has 0 spiro atoms. The molecule has 44 heavy (non-hydrogen) atoms. The van der Waals surface area contributed by atoms with E-state index in [9.17, 15) is 28.3 Å². The maximum absolute atomic E-state index is 14.2. The van der Waals surface area contributed by atoms with Crippen LogP contribution < -0.4 is 5.32 Å². The number of nitrogens with zero attached hydrogens (tertiary/aromatic N) is 4. The Morgan fingerprint density at radius 3 is 2.73 bits per heavy atom. The standard InChI is InChI=1S/C31H31F2N5O5S/c1-19-9-11-36(16-25-34-10-12-44-25)26-17-37-15-23(29(40)35-14-21-7-8-22(32)13-24(21)33)28(39)31(42,27(37)30(41)38(19)26)43-18-20-5-3-2-4-6-20/h2-8,10,12-13,15,19,26-27,42H,9,11,14,16-18H2,1H3,(H,35,40)/t19-,26-,27?,31?/m0/s1. The zero-order valence-corrected chi connectivity index (χ0v) is 24.7. The third kappa shape index (κ3) is 5.63. The normalized spacial score (nSPS) is 25.4. The molecule has 2 fully saturated rings. The van der Waals surface area contributed by atoms with Gasteiger partial charge in [0.2, 0.25) is 5.78 Å². The number of ketones is 1. The van der Waals surface area contributed by atoms with Gasteiger partial charge in [0, 0.05) is 48.5 Å². The fraction of sp³-hybridized carbons (Fsp3) is 0.355. The molecule has 4 atom stereocenters. The Labute approximate surface area is 256 Å². The number of aliphatic hydroxyl groups is 1. The molecule has 2 amide bonds. The van der Waals surface area contributed by atoms with Crippen LogP contribution in [0.3, 0.4) is 0 Å². The molecule has 0 radical (unpaired) electrons. The first-order valence-corrected chi connectivity index (χ1v) is 15.1. The van der Waals surface area contributed by atoms with Crippen molar-refractivity contribution in [3.05, 3.63) is 99.6 Å². The van der Waals surface area contributed by atoms with Crippen molar-refractivity contribution in [2.45, 2.75) is 57.1 Å². The Morgan fingerprint density at radius 2 is 2.00 bits per heavy atom. The second-order valence-electron chi connectivity index (χ2n) is 11.1. The lowest BCUT2D eigenvalue weighted by Gasteiger charge is -2.57. The quantitative estimate of drug-likeness (QED) is 0.291. The molecule has 4 heterocycles. The molecular formula is C31H31F2N5O5S. The zero-order valence-electron chi connectivity index (χ0n) is 23.9. The maximum Gasteiger partial charge on any atom is 0.262 e. The fourth-order valence-corrected chi connectivity index (χ4v) is 6.66. The van der Waals surface area contributed by atoms with Gasteiger partial charge in [0.05, 0.1) is 19.7 Å². The molecule has 1 aromatic heterocycles. The smallest absolute Gasteiger partial charge is 0.262 e. The van der Waals surface area contributed by atoms with Crippen LogP contribution in [0.15, 0.2) is 71.9 Å². The van der Waals surface area contributed by atoms with Crippen LogP contribution in [0.25, 0.3) is 0 Å². The molecule has 0 saturated carbocycles. The van der Waals surface area contributed by atoms with E-state index in [1.165, 1.54) is 28.5 Å². The van der Waals surface area contributed by atoms with Crippen LogP contribution in [-0.4, -0.2) is 79.5 Å². The van der Waals surface area contributed by atoms with Crippen molar-refractivity contribution in [3.63, 3.8) is 0 Å². The SMILES string of the molecule is C[C@H]1CCN(Cc2nccs2)[C@@H]2CN3C=C(C(=O)NCc4ccc(F)cc4F)C(=O)C(O)(OCc4ccccc4)C3C(=O)N12. The highest BCUT2D eigenvalue weighted by molar-refractivity contribution is 7.09. The summed E-state index contributed by atoms with van der Waals surface area (Å²) in [5.74, 6) is -6.79. The van der Waals surface area contributed by atoms with E-state index < -0.39 is 52.8 Å². The van der Waals surface area contributed by atoms with Gasteiger partial charge < -0.3 is 25.0 Å². The molecule has 0 aliphatic carbocycles. The summed E-state index contributed by atoms with van der Waals surface area (Å²) in [6, 6.07) is 10.2. The highest BCUT2D eigenvalue weighted by Gasteiger charge is 2.61. The molecule has 230 valence electrons. The van der Waals surface area contributed by atoms with E-state index in [1.54, 1.807) is 41.4 Å². The van der Waals surface area contributed by atoms with Crippen LogP contribution in [-0.2, 0) is 38.8 Å². The van der Waals surface area contributed by atoms with Crippen molar-refractivity contribution < 1.29 is 33.0 Å². The number of carbonyl (C=O) groups excluding carboxylic acids is 3. The summed E-state index contributed by atoms with van der Waals surface area (Å²) in [5, 5.41) is 17.2. The van der Waals surface area contributed by atoms with Gasteiger partial charge in [-0.1, -0.05) is 36.4 Å². The minimum Gasteiger partial charge on any atom is -0.357 e. The number of fused-ring (bicyclic) bond motifs is 2. The molecule has 3 aliphatic rings. The highest BCUT2D eigenvalue weighted by Crippen LogP contribution is 2.38. The molecule has 0 bridgehead atoms. The number of Topliss-reactive ketones (excluding diaryl/α,β-unsaturated/α-hetero) is 1. The summed E-state index contributed by atoms with van der Waals surface area (Å²) in [6.07, 6.45) is 3.26. The van der Waals surface area contributed by atoms with Gasteiger partial charge in [-0.15, -0.1) is 11.3 Å². The zero-order chi connectivity index (χ0) is 31.0. The van der Waals surface area contributed by atoms with Crippen molar-refractivity contribution in [3.8, 4) is 0 Å². The molecule has 10 nitrogen and oxygen atoms in total. The number of nitrogens with one attached hydrogen (secondary N) is 1. The number of hydrogen-bond acceptors (Lipinski definition) is 9. The van der Waals surface area contributed by atoms with E-state index in [2.05, 4.69) is 15.2 Å². The van der Waals surface area contributed by atoms with Crippen LogP contribution in [0.1, 0.15) is 29.5 Å². The molecular weight excluding hydrogens is 592 g/mol. The van der Waals surface area contributed by atoms with Crippen LogP contribution in [0.4, 0.5) is 8.78 Å². The average molecular weight is 624 g/mol. The van der Waals surface area contributed by atoms with Gasteiger partial charge in [0.1, 0.15) is 28.4 Å². The summed E-state index contributed by atoms with van der Waals surface area (Å²) in [7, 11) is 0. The lowest BCUT2D eigenvalue weighted by Crippen LogP contribution is -2.76. The minimum atomic E-state index is -2.70. The number of rotatable bonds is 8. The predicted molar refractivity (Wildman–Crippen MR) is 155 cm³/mol.